The lowest BCUT2D eigenvalue weighted by atomic mass is 10.1. The van der Waals surface area contributed by atoms with Crippen molar-refractivity contribution in [3.8, 4) is 0 Å². The third-order valence-corrected chi connectivity index (χ3v) is 4.17. The molecule has 3 rings (SSSR count). The van der Waals surface area contributed by atoms with Gasteiger partial charge in [0.05, 0.1) is 0 Å². The van der Waals surface area contributed by atoms with Gasteiger partial charge in [-0.15, -0.1) is 0 Å². The second-order valence-corrected chi connectivity index (χ2v) is 6.18. The lowest BCUT2D eigenvalue weighted by Gasteiger charge is -2.07. The van der Waals surface area contributed by atoms with E-state index in [9.17, 15) is 9.59 Å². The van der Waals surface area contributed by atoms with Crippen molar-refractivity contribution < 1.29 is 9.59 Å². The molecule has 0 spiro atoms. The smallest absolute Gasteiger partial charge is 0.251 e. The fourth-order valence-electron chi connectivity index (χ4n) is 2.52. The van der Waals surface area contributed by atoms with Crippen LogP contribution < -0.4 is 10.6 Å². The summed E-state index contributed by atoms with van der Waals surface area (Å²) >= 11 is 0. The average Bonchev–Trinajstić information content (AvgIpc) is 3.46. The van der Waals surface area contributed by atoms with Crippen LogP contribution in [0.1, 0.15) is 34.3 Å². The summed E-state index contributed by atoms with van der Waals surface area (Å²) < 4.78 is 0. The Morgan fingerprint density at radius 2 is 1.58 bits per heavy atom. The first kappa shape index (κ1) is 16.2. The number of hydrogen-bond donors (Lipinski definition) is 2. The highest BCUT2D eigenvalue weighted by Crippen LogP contribution is 2.28. The molecule has 2 aromatic rings. The van der Waals surface area contributed by atoms with Crippen LogP contribution in [0.5, 0.6) is 0 Å². The molecule has 1 aliphatic rings. The highest BCUT2D eigenvalue weighted by molar-refractivity contribution is 5.94. The van der Waals surface area contributed by atoms with Crippen molar-refractivity contribution in [1.29, 1.82) is 0 Å². The van der Waals surface area contributed by atoms with Crippen LogP contribution in [0.4, 0.5) is 0 Å². The van der Waals surface area contributed by atoms with E-state index in [1.165, 1.54) is 5.56 Å². The van der Waals surface area contributed by atoms with E-state index in [1.54, 1.807) is 12.1 Å². The van der Waals surface area contributed by atoms with Crippen molar-refractivity contribution in [3.63, 3.8) is 0 Å². The molecule has 1 aliphatic carbocycles. The van der Waals surface area contributed by atoms with Gasteiger partial charge in [-0.1, -0.05) is 42.5 Å². The van der Waals surface area contributed by atoms with Crippen molar-refractivity contribution in [3.05, 3.63) is 71.3 Å². The van der Waals surface area contributed by atoms with E-state index in [4.69, 9.17) is 0 Å². The van der Waals surface area contributed by atoms with E-state index < -0.39 is 0 Å². The fourth-order valence-corrected chi connectivity index (χ4v) is 2.52. The number of benzene rings is 2. The first-order chi connectivity index (χ1) is 11.7. The van der Waals surface area contributed by atoms with E-state index >= 15 is 0 Å². The minimum Gasteiger partial charge on any atom is -0.352 e. The monoisotopic (exact) mass is 322 g/mol. The van der Waals surface area contributed by atoms with Gasteiger partial charge in [-0.05, 0) is 42.5 Å². The molecule has 4 heteroatoms. The van der Waals surface area contributed by atoms with Crippen LogP contribution in [0.3, 0.4) is 0 Å². The molecule has 0 saturated heterocycles. The van der Waals surface area contributed by atoms with Gasteiger partial charge in [-0.3, -0.25) is 9.59 Å². The molecule has 0 heterocycles. The molecular formula is C20H22N2O2. The van der Waals surface area contributed by atoms with Crippen molar-refractivity contribution in [2.75, 3.05) is 6.54 Å². The standard InChI is InChI=1S/C20H22N2O2/c23-19(21-13-12-15-4-2-1-3-5-15)17-8-6-16(7-9-17)14-22-20(24)18-10-11-18/h1-9,18H,10-14H2,(H,21,23)(H,22,24). The van der Waals surface area contributed by atoms with Crippen molar-refractivity contribution in [2.45, 2.75) is 25.8 Å². The highest BCUT2D eigenvalue weighted by Gasteiger charge is 2.29. The minimum absolute atomic E-state index is 0.0699. The molecule has 4 nitrogen and oxygen atoms in total. The summed E-state index contributed by atoms with van der Waals surface area (Å²) in [6.45, 7) is 1.13. The number of rotatable bonds is 7. The first-order valence-electron chi connectivity index (χ1n) is 8.41. The average molecular weight is 322 g/mol. The second-order valence-electron chi connectivity index (χ2n) is 6.18. The molecule has 0 bridgehead atoms. The summed E-state index contributed by atoms with van der Waals surface area (Å²) in [5.41, 5.74) is 2.85. The molecule has 2 aromatic carbocycles. The van der Waals surface area contributed by atoms with Gasteiger partial charge in [0.1, 0.15) is 0 Å². The van der Waals surface area contributed by atoms with Crippen LogP contribution >= 0.6 is 0 Å². The number of hydrogen-bond acceptors (Lipinski definition) is 2. The van der Waals surface area contributed by atoms with Crippen molar-refractivity contribution in [1.82, 2.24) is 10.6 Å². The summed E-state index contributed by atoms with van der Waals surface area (Å²) in [7, 11) is 0. The molecule has 24 heavy (non-hydrogen) atoms. The third-order valence-electron chi connectivity index (χ3n) is 4.17. The van der Waals surface area contributed by atoms with Crippen LogP contribution in [0.2, 0.25) is 0 Å². The molecule has 0 aromatic heterocycles. The summed E-state index contributed by atoms with van der Waals surface area (Å²) in [5, 5.41) is 5.85. The van der Waals surface area contributed by atoms with Gasteiger partial charge in [0.25, 0.3) is 5.91 Å². The zero-order valence-electron chi connectivity index (χ0n) is 13.6. The van der Waals surface area contributed by atoms with E-state index in [2.05, 4.69) is 22.8 Å². The van der Waals surface area contributed by atoms with Gasteiger partial charge in [0, 0.05) is 24.6 Å². The SMILES string of the molecule is O=C(NCCc1ccccc1)c1ccc(CNC(=O)C2CC2)cc1. The van der Waals surface area contributed by atoms with Crippen LogP contribution in [0, 0.1) is 5.92 Å². The zero-order valence-corrected chi connectivity index (χ0v) is 13.6. The normalized spacial score (nSPS) is 13.3. The topological polar surface area (TPSA) is 58.2 Å². The van der Waals surface area contributed by atoms with Crippen LogP contribution in [0.25, 0.3) is 0 Å². The summed E-state index contributed by atoms with van der Waals surface area (Å²) in [6.07, 6.45) is 2.83. The van der Waals surface area contributed by atoms with Crippen LogP contribution in [-0.2, 0) is 17.8 Å². The number of nitrogens with one attached hydrogen (secondary N) is 2. The lowest BCUT2D eigenvalue weighted by molar-refractivity contribution is -0.122. The third kappa shape index (κ3) is 4.69. The minimum atomic E-state index is -0.0699. The predicted octanol–water partition coefficient (Wildman–Crippen LogP) is 2.69. The molecule has 1 saturated carbocycles. The zero-order chi connectivity index (χ0) is 16.8. The maximum absolute atomic E-state index is 12.1. The Morgan fingerprint density at radius 3 is 2.25 bits per heavy atom. The van der Waals surface area contributed by atoms with Gasteiger partial charge in [-0.25, -0.2) is 0 Å². The number of amides is 2. The Hall–Kier alpha value is -2.62. The first-order valence-corrected chi connectivity index (χ1v) is 8.41. The largest absolute Gasteiger partial charge is 0.352 e. The quantitative estimate of drug-likeness (QED) is 0.823. The van der Waals surface area contributed by atoms with E-state index in [0.29, 0.717) is 18.7 Å². The Balaban J connectivity index is 1.43. The maximum atomic E-state index is 12.1. The fraction of sp³-hybridized carbons (Fsp3) is 0.300. The van der Waals surface area contributed by atoms with Gasteiger partial charge in [0.2, 0.25) is 5.91 Å². The summed E-state index contributed by atoms with van der Waals surface area (Å²) in [5.74, 6) is 0.289. The van der Waals surface area contributed by atoms with E-state index in [-0.39, 0.29) is 17.7 Å². The molecule has 124 valence electrons. The van der Waals surface area contributed by atoms with Crippen LogP contribution in [0.15, 0.2) is 54.6 Å². The molecule has 0 radical (unpaired) electrons. The second kappa shape index (κ2) is 7.77. The van der Waals surface area contributed by atoms with E-state index in [1.807, 2.05) is 30.3 Å². The molecule has 2 amide bonds. The molecule has 2 N–H and O–H groups in total. The Labute approximate surface area is 142 Å². The Morgan fingerprint density at radius 1 is 0.875 bits per heavy atom. The lowest BCUT2D eigenvalue weighted by Crippen LogP contribution is -2.26. The van der Waals surface area contributed by atoms with Gasteiger partial charge >= 0.3 is 0 Å². The van der Waals surface area contributed by atoms with Gasteiger partial charge in [0.15, 0.2) is 0 Å². The highest BCUT2D eigenvalue weighted by atomic mass is 16.2. The maximum Gasteiger partial charge on any atom is 0.251 e. The summed E-state index contributed by atoms with van der Waals surface area (Å²) in [6, 6.07) is 17.5. The Kier molecular flexibility index (Phi) is 5.26. The van der Waals surface area contributed by atoms with Crippen molar-refractivity contribution >= 4 is 11.8 Å². The summed E-state index contributed by atoms with van der Waals surface area (Å²) in [4.78, 5) is 23.7. The predicted molar refractivity (Wildman–Crippen MR) is 93.5 cm³/mol. The van der Waals surface area contributed by atoms with Gasteiger partial charge < -0.3 is 10.6 Å². The molecule has 0 aliphatic heterocycles. The molecule has 0 atom stereocenters. The molecular weight excluding hydrogens is 300 g/mol. The molecule has 1 fully saturated rings. The molecule has 0 unspecified atom stereocenters. The van der Waals surface area contributed by atoms with E-state index in [0.717, 1.165) is 24.8 Å². The van der Waals surface area contributed by atoms with Crippen LogP contribution in [-0.4, -0.2) is 18.4 Å². The van der Waals surface area contributed by atoms with Gasteiger partial charge in [-0.2, -0.15) is 0 Å². The Bertz CT molecular complexity index is 691. The number of carbonyl (C=O) groups excluding carboxylic acids is 2. The van der Waals surface area contributed by atoms with Crippen molar-refractivity contribution in [2.24, 2.45) is 5.92 Å². The number of carbonyl (C=O) groups is 2.